The van der Waals surface area contributed by atoms with Crippen molar-refractivity contribution in [3.63, 3.8) is 0 Å². The lowest BCUT2D eigenvalue weighted by Gasteiger charge is -2.34. The molecule has 160 valence electrons. The van der Waals surface area contributed by atoms with Gasteiger partial charge in [-0.3, -0.25) is 4.57 Å². The molecule has 0 aliphatic carbocycles. The van der Waals surface area contributed by atoms with Gasteiger partial charge in [-0.1, -0.05) is 12.1 Å². The van der Waals surface area contributed by atoms with Gasteiger partial charge in [-0.2, -0.15) is 13.2 Å². The van der Waals surface area contributed by atoms with Gasteiger partial charge in [0.15, 0.2) is 11.6 Å². The quantitative estimate of drug-likeness (QED) is 0.380. The van der Waals surface area contributed by atoms with Crippen LogP contribution in [-0.2, 0) is 11.7 Å². The van der Waals surface area contributed by atoms with E-state index in [1.165, 1.54) is 22.8 Å². The van der Waals surface area contributed by atoms with Gasteiger partial charge in [-0.15, -0.1) is 10.2 Å². The Morgan fingerprint density at radius 1 is 1.06 bits per heavy atom. The summed E-state index contributed by atoms with van der Waals surface area (Å²) in [4.78, 5) is 2.27. The highest BCUT2D eigenvalue weighted by Gasteiger charge is 2.38. The number of nitrogens with zero attached hydrogens (tertiary/aromatic N) is 3. The molecular weight excluding hydrogens is 417 g/mol. The number of benzene rings is 2. The summed E-state index contributed by atoms with van der Waals surface area (Å²) in [5.74, 6) is -0.963. The third-order valence-corrected chi connectivity index (χ3v) is 5.49. The number of rotatable bonds is 1. The molecule has 0 unspecified atom stereocenters. The normalized spacial score (nSPS) is 15.0. The van der Waals surface area contributed by atoms with E-state index in [0.29, 0.717) is 11.6 Å². The fourth-order valence-corrected chi connectivity index (χ4v) is 4.12. The van der Waals surface area contributed by atoms with Crippen LogP contribution in [0, 0.1) is 18.6 Å². The maximum Gasteiger partial charge on any atom is 0.431 e. The number of hydrogen-bond donors (Lipinski definition) is 2. The maximum atomic E-state index is 15.9. The zero-order valence-electron chi connectivity index (χ0n) is 16.6. The van der Waals surface area contributed by atoms with E-state index in [1.54, 1.807) is 20.8 Å². The Bertz CT molecular complexity index is 1360. The number of hydrogen-bond acceptors (Lipinski definition) is 3. The van der Waals surface area contributed by atoms with Crippen molar-refractivity contribution in [3.05, 3.63) is 59.3 Å². The molecule has 4 aromatic rings. The van der Waals surface area contributed by atoms with Crippen molar-refractivity contribution in [3.8, 4) is 16.8 Å². The minimum atomic E-state index is -4.62. The standard InChI is InChI=1S/C21H16F5N5/c1-9-29-30-19-20(2,3)28-14-8-12(22)16(17(23)18(14)31(9)19)10-5-4-6-13-11(10)7-15(27-13)21(24,25)26/h4-8,27-28H,1-3H3. The van der Waals surface area contributed by atoms with Crippen LogP contribution in [0.2, 0.25) is 0 Å². The molecule has 0 bridgehead atoms. The topological polar surface area (TPSA) is 58.5 Å². The maximum absolute atomic E-state index is 15.9. The number of fused-ring (bicyclic) bond motifs is 4. The molecule has 2 aromatic carbocycles. The van der Waals surface area contributed by atoms with E-state index in [9.17, 15) is 13.2 Å². The first-order valence-corrected chi connectivity index (χ1v) is 9.41. The second-order valence-corrected chi connectivity index (χ2v) is 8.05. The van der Waals surface area contributed by atoms with Crippen molar-refractivity contribution in [2.24, 2.45) is 0 Å². The van der Waals surface area contributed by atoms with Crippen LogP contribution in [-0.4, -0.2) is 19.7 Å². The van der Waals surface area contributed by atoms with Crippen molar-refractivity contribution in [1.82, 2.24) is 19.7 Å². The lowest BCUT2D eigenvalue weighted by atomic mass is 9.95. The highest BCUT2D eigenvalue weighted by atomic mass is 19.4. The molecule has 31 heavy (non-hydrogen) atoms. The zero-order valence-corrected chi connectivity index (χ0v) is 16.6. The van der Waals surface area contributed by atoms with Gasteiger partial charge in [-0.05, 0) is 38.5 Å². The first-order chi connectivity index (χ1) is 14.5. The summed E-state index contributed by atoms with van der Waals surface area (Å²) in [6, 6.07) is 6.27. The fraction of sp³-hybridized carbons (Fsp3) is 0.238. The van der Waals surface area contributed by atoms with Crippen molar-refractivity contribution >= 4 is 16.6 Å². The van der Waals surface area contributed by atoms with Gasteiger partial charge in [0.25, 0.3) is 0 Å². The van der Waals surface area contributed by atoms with E-state index in [2.05, 4.69) is 20.5 Å². The summed E-state index contributed by atoms with van der Waals surface area (Å²) in [5.41, 5.74) is -1.78. The molecule has 2 aromatic heterocycles. The average Bonchev–Trinajstić information content (AvgIpc) is 3.26. The number of nitrogens with one attached hydrogen (secondary N) is 2. The summed E-state index contributed by atoms with van der Waals surface area (Å²) in [5, 5.41) is 11.3. The molecular formula is C21H16F5N5. The Morgan fingerprint density at radius 3 is 2.52 bits per heavy atom. The van der Waals surface area contributed by atoms with Crippen molar-refractivity contribution < 1.29 is 22.0 Å². The highest BCUT2D eigenvalue weighted by Crippen LogP contribution is 2.44. The molecule has 0 fully saturated rings. The van der Waals surface area contributed by atoms with Crippen LogP contribution in [0.3, 0.4) is 0 Å². The van der Waals surface area contributed by atoms with Gasteiger partial charge >= 0.3 is 6.18 Å². The van der Waals surface area contributed by atoms with Crippen molar-refractivity contribution in [2.75, 3.05) is 5.32 Å². The molecule has 3 heterocycles. The fourth-order valence-electron chi connectivity index (χ4n) is 4.12. The minimum absolute atomic E-state index is 0.0131. The van der Waals surface area contributed by atoms with Gasteiger partial charge < -0.3 is 10.3 Å². The van der Waals surface area contributed by atoms with E-state index in [0.717, 1.165) is 12.1 Å². The van der Waals surface area contributed by atoms with Crippen LogP contribution in [0.1, 0.15) is 31.2 Å². The summed E-state index contributed by atoms with van der Waals surface area (Å²) >= 11 is 0. The molecule has 1 aliphatic heterocycles. The van der Waals surface area contributed by atoms with Gasteiger partial charge in [0.05, 0.1) is 16.8 Å². The Hall–Kier alpha value is -3.43. The second-order valence-electron chi connectivity index (χ2n) is 8.05. The van der Waals surface area contributed by atoms with E-state index < -0.39 is 34.6 Å². The summed E-state index contributed by atoms with van der Waals surface area (Å²) in [6.45, 7) is 5.25. The van der Waals surface area contributed by atoms with Crippen LogP contribution < -0.4 is 5.32 Å². The van der Waals surface area contributed by atoms with E-state index >= 15 is 8.78 Å². The Balaban J connectivity index is 1.82. The average molecular weight is 433 g/mol. The number of anilines is 1. The third kappa shape index (κ3) is 2.74. The molecule has 0 amide bonds. The van der Waals surface area contributed by atoms with Crippen LogP contribution in [0.4, 0.5) is 27.6 Å². The van der Waals surface area contributed by atoms with Crippen LogP contribution in [0.25, 0.3) is 27.7 Å². The van der Waals surface area contributed by atoms with E-state index in [4.69, 9.17) is 0 Å². The predicted molar refractivity (Wildman–Crippen MR) is 105 cm³/mol. The smallest absolute Gasteiger partial charge is 0.371 e. The van der Waals surface area contributed by atoms with E-state index in [-0.39, 0.29) is 27.8 Å². The Kier molecular flexibility index (Phi) is 3.81. The molecule has 5 rings (SSSR count). The number of H-pyrrole nitrogens is 1. The molecule has 0 saturated heterocycles. The molecule has 0 atom stereocenters. The van der Waals surface area contributed by atoms with Gasteiger partial charge in [0.1, 0.15) is 23.0 Å². The summed E-state index contributed by atoms with van der Waals surface area (Å²) < 4.78 is 72.1. The monoisotopic (exact) mass is 433 g/mol. The first-order valence-electron chi connectivity index (χ1n) is 9.41. The van der Waals surface area contributed by atoms with Crippen LogP contribution in [0.15, 0.2) is 30.3 Å². The first kappa shape index (κ1) is 19.5. The SMILES string of the molecule is Cc1nnc2n1-c1c(cc(F)c(-c3cccc4[nH]c(C(F)(F)F)cc34)c1F)NC2(C)C. The minimum Gasteiger partial charge on any atom is -0.371 e. The lowest BCUT2D eigenvalue weighted by Crippen LogP contribution is -2.36. The number of aromatic nitrogens is 4. The molecule has 10 heteroatoms. The second kappa shape index (κ2) is 6.05. The summed E-state index contributed by atoms with van der Waals surface area (Å²) in [6.07, 6.45) is -4.62. The van der Waals surface area contributed by atoms with Crippen LogP contribution >= 0.6 is 0 Å². The molecule has 0 radical (unpaired) electrons. The number of halogens is 5. The van der Waals surface area contributed by atoms with Crippen molar-refractivity contribution in [2.45, 2.75) is 32.5 Å². The van der Waals surface area contributed by atoms with Gasteiger partial charge in [0.2, 0.25) is 0 Å². The van der Waals surface area contributed by atoms with E-state index in [1.807, 2.05) is 0 Å². The zero-order chi connectivity index (χ0) is 22.3. The summed E-state index contributed by atoms with van der Waals surface area (Å²) in [7, 11) is 0. The van der Waals surface area contributed by atoms with Gasteiger partial charge in [-0.25, -0.2) is 8.78 Å². The Labute approximate surface area is 172 Å². The lowest BCUT2D eigenvalue weighted by molar-refractivity contribution is -0.140. The molecule has 1 aliphatic rings. The molecule has 0 spiro atoms. The molecule has 2 N–H and O–H groups in total. The van der Waals surface area contributed by atoms with Gasteiger partial charge in [0, 0.05) is 17.0 Å². The van der Waals surface area contributed by atoms with Crippen LogP contribution in [0.5, 0.6) is 0 Å². The van der Waals surface area contributed by atoms with Crippen molar-refractivity contribution in [1.29, 1.82) is 0 Å². The number of aromatic amines is 1. The number of aryl methyl sites for hydroxylation is 1. The predicted octanol–water partition coefficient (Wildman–Crippen LogP) is 5.68. The molecule has 5 nitrogen and oxygen atoms in total. The Morgan fingerprint density at radius 2 is 1.81 bits per heavy atom. The molecule has 0 saturated carbocycles. The largest absolute Gasteiger partial charge is 0.431 e. The number of alkyl halides is 3. The third-order valence-electron chi connectivity index (χ3n) is 5.49. The highest BCUT2D eigenvalue weighted by molar-refractivity contribution is 5.97.